The van der Waals surface area contributed by atoms with Gasteiger partial charge in [-0.15, -0.1) is 24.0 Å². The van der Waals surface area contributed by atoms with Crippen molar-refractivity contribution in [2.75, 3.05) is 20.2 Å². The zero-order chi connectivity index (χ0) is 19.9. The summed E-state index contributed by atoms with van der Waals surface area (Å²) in [4.78, 5) is 19.3. The summed E-state index contributed by atoms with van der Waals surface area (Å²) < 4.78 is 18.6. The van der Waals surface area contributed by atoms with Crippen LogP contribution in [0.5, 0.6) is 0 Å². The highest BCUT2D eigenvalue weighted by molar-refractivity contribution is 14.0. The molecule has 3 rings (SSSR count). The molecule has 1 fully saturated rings. The van der Waals surface area contributed by atoms with Gasteiger partial charge in [-0.25, -0.2) is 4.39 Å². The second kappa shape index (κ2) is 11.4. The minimum absolute atomic E-state index is 0. The van der Waals surface area contributed by atoms with Gasteiger partial charge in [0.05, 0.1) is 12.5 Å². The number of carbonyl (C=O) groups is 1. The summed E-state index contributed by atoms with van der Waals surface area (Å²) in [5.74, 6) is 0.483. The summed E-state index contributed by atoms with van der Waals surface area (Å²) in [5, 5.41) is 7.69. The normalized spacial score (nSPS) is 19.5. The van der Waals surface area contributed by atoms with E-state index in [2.05, 4.69) is 20.6 Å². The highest BCUT2D eigenvalue weighted by Gasteiger charge is 2.27. The molecule has 160 valence electrons. The number of carbonyl (C=O) groups excluding carboxylic acids is 1. The molecule has 1 aliphatic rings. The van der Waals surface area contributed by atoms with Crippen LogP contribution in [-0.4, -0.2) is 43.2 Å². The van der Waals surface area contributed by atoms with Gasteiger partial charge in [-0.1, -0.05) is 0 Å². The third-order valence-electron chi connectivity index (χ3n) is 5.33. The number of nitrogens with one attached hydrogen (secondary N) is 3. The number of hydrogen-bond acceptors (Lipinski definition) is 3. The number of hydrogen-bond donors (Lipinski definition) is 3. The molecule has 0 unspecified atom stereocenters. The minimum Gasteiger partial charge on any atom is -0.466 e. The van der Waals surface area contributed by atoms with E-state index in [1.807, 2.05) is 13.1 Å². The fraction of sp³-hybridized carbons (Fsp3) is 0.524. The van der Waals surface area contributed by atoms with E-state index in [9.17, 15) is 9.18 Å². The monoisotopic (exact) mass is 516 g/mol. The number of esters is 1. The average Bonchev–Trinajstić information content (AvgIpc) is 3.10. The number of rotatable bonds is 6. The van der Waals surface area contributed by atoms with Gasteiger partial charge < -0.3 is 20.4 Å². The van der Waals surface area contributed by atoms with E-state index in [0.717, 1.165) is 54.5 Å². The van der Waals surface area contributed by atoms with Crippen molar-refractivity contribution in [3.8, 4) is 0 Å². The van der Waals surface area contributed by atoms with E-state index in [4.69, 9.17) is 4.74 Å². The van der Waals surface area contributed by atoms with Crippen molar-refractivity contribution < 1.29 is 13.9 Å². The van der Waals surface area contributed by atoms with E-state index >= 15 is 0 Å². The Kier molecular flexibility index (Phi) is 9.19. The molecular weight excluding hydrogens is 486 g/mol. The van der Waals surface area contributed by atoms with Gasteiger partial charge in [-0.05, 0) is 62.8 Å². The first-order valence-electron chi connectivity index (χ1n) is 10.00. The maximum atomic E-state index is 13.5. The van der Waals surface area contributed by atoms with Crippen molar-refractivity contribution in [1.29, 1.82) is 0 Å². The number of benzene rings is 1. The van der Waals surface area contributed by atoms with Crippen molar-refractivity contribution in [3.63, 3.8) is 0 Å². The standard InChI is InChI=1S/C21H29FN4O2.HI/c1-3-28-20(27)14-4-7-17(8-5-14)26-21(23-2)24-11-10-15-13-25-19-9-6-16(22)12-18(15)19;/h6,9,12-14,17,25H,3-5,7-8,10-11H2,1-2H3,(H2,23,24,26);1H. The highest BCUT2D eigenvalue weighted by Crippen LogP contribution is 2.25. The second-order valence-electron chi connectivity index (χ2n) is 7.20. The Hall–Kier alpha value is -1.84. The first kappa shape index (κ1) is 23.4. The molecule has 0 amide bonds. The van der Waals surface area contributed by atoms with Crippen molar-refractivity contribution in [1.82, 2.24) is 15.6 Å². The number of ether oxygens (including phenoxy) is 1. The first-order valence-corrected chi connectivity index (χ1v) is 10.00. The van der Waals surface area contributed by atoms with Gasteiger partial charge in [0, 0.05) is 36.7 Å². The van der Waals surface area contributed by atoms with E-state index in [1.165, 1.54) is 6.07 Å². The molecule has 2 aromatic rings. The lowest BCUT2D eigenvalue weighted by Crippen LogP contribution is -2.45. The van der Waals surface area contributed by atoms with E-state index in [0.29, 0.717) is 19.2 Å². The number of halogens is 2. The summed E-state index contributed by atoms with van der Waals surface area (Å²) in [6.07, 6.45) is 6.22. The number of nitrogens with zero attached hydrogens (tertiary/aromatic N) is 1. The molecule has 1 heterocycles. The lowest BCUT2D eigenvalue weighted by molar-refractivity contribution is -0.149. The van der Waals surface area contributed by atoms with Gasteiger partial charge in [0.1, 0.15) is 5.82 Å². The van der Waals surface area contributed by atoms with Gasteiger partial charge in [0.25, 0.3) is 0 Å². The summed E-state index contributed by atoms with van der Waals surface area (Å²) in [6, 6.07) is 5.09. The third kappa shape index (κ3) is 6.32. The topological polar surface area (TPSA) is 78.5 Å². The van der Waals surface area contributed by atoms with Gasteiger partial charge in [0.15, 0.2) is 5.96 Å². The van der Waals surface area contributed by atoms with Gasteiger partial charge >= 0.3 is 5.97 Å². The molecule has 1 saturated carbocycles. The molecular formula is C21H30FIN4O2. The van der Waals surface area contributed by atoms with Crippen LogP contribution in [0.15, 0.2) is 29.4 Å². The van der Waals surface area contributed by atoms with Crippen LogP contribution in [0.25, 0.3) is 10.9 Å². The zero-order valence-electron chi connectivity index (χ0n) is 17.0. The third-order valence-corrected chi connectivity index (χ3v) is 5.33. The Bertz CT molecular complexity index is 831. The van der Waals surface area contributed by atoms with Crippen molar-refractivity contribution >= 4 is 46.8 Å². The van der Waals surface area contributed by atoms with Crippen LogP contribution in [0.4, 0.5) is 4.39 Å². The molecule has 1 aliphatic carbocycles. The summed E-state index contributed by atoms with van der Waals surface area (Å²) in [7, 11) is 1.75. The molecule has 0 radical (unpaired) electrons. The van der Waals surface area contributed by atoms with E-state index < -0.39 is 0 Å². The SMILES string of the molecule is CCOC(=O)C1CCC(NC(=NC)NCCc2c[nH]c3ccc(F)cc23)CC1.I. The molecule has 0 aliphatic heterocycles. The van der Waals surface area contributed by atoms with Crippen molar-refractivity contribution in [3.05, 3.63) is 35.8 Å². The quantitative estimate of drug-likeness (QED) is 0.237. The number of aromatic nitrogens is 1. The number of aromatic amines is 1. The Morgan fingerprint density at radius 1 is 1.31 bits per heavy atom. The number of H-pyrrole nitrogens is 1. The van der Waals surface area contributed by atoms with Crippen molar-refractivity contribution in [2.24, 2.45) is 10.9 Å². The molecule has 3 N–H and O–H groups in total. The second-order valence-corrected chi connectivity index (χ2v) is 7.20. The molecule has 0 atom stereocenters. The highest BCUT2D eigenvalue weighted by atomic mass is 127. The van der Waals surface area contributed by atoms with Gasteiger partial charge in [0.2, 0.25) is 0 Å². The number of guanidine groups is 1. The fourth-order valence-electron chi connectivity index (χ4n) is 3.79. The van der Waals surface area contributed by atoms with E-state index in [-0.39, 0.29) is 41.7 Å². The summed E-state index contributed by atoms with van der Waals surface area (Å²) in [5.41, 5.74) is 2.02. The Morgan fingerprint density at radius 3 is 2.76 bits per heavy atom. The molecule has 29 heavy (non-hydrogen) atoms. The van der Waals surface area contributed by atoms with Crippen LogP contribution in [0.2, 0.25) is 0 Å². The molecule has 1 aromatic heterocycles. The molecule has 0 spiro atoms. The van der Waals surface area contributed by atoms with Crippen LogP contribution >= 0.6 is 24.0 Å². The average molecular weight is 516 g/mol. The maximum Gasteiger partial charge on any atom is 0.308 e. The molecule has 0 saturated heterocycles. The lowest BCUT2D eigenvalue weighted by Gasteiger charge is -2.29. The zero-order valence-corrected chi connectivity index (χ0v) is 19.3. The van der Waals surface area contributed by atoms with Crippen LogP contribution < -0.4 is 10.6 Å². The molecule has 0 bridgehead atoms. The minimum atomic E-state index is -0.225. The van der Waals surface area contributed by atoms with Crippen molar-refractivity contribution in [2.45, 2.75) is 45.1 Å². The predicted octanol–water partition coefficient (Wildman–Crippen LogP) is 3.75. The Morgan fingerprint density at radius 2 is 2.07 bits per heavy atom. The van der Waals surface area contributed by atoms with Crippen LogP contribution in [0.1, 0.15) is 38.2 Å². The molecule has 8 heteroatoms. The number of fused-ring (bicyclic) bond motifs is 1. The van der Waals surface area contributed by atoms with Gasteiger partial charge in [-0.3, -0.25) is 9.79 Å². The summed E-state index contributed by atoms with van der Waals surface area (Å²) >= 11 is 0. The first-order chi connectivity index (χ1) is 13.6. The van der Waals surface area contributed by atoms with Crippen LogP contribution in [0, 0.1) is 11.7 Å². The van der Waals surface area contributed by atoms with Crippen LogP contribution in [0.3, 0.4) is 0 Å². The lowest BCUT2D eigenvalue weighted by atomic mass is 9.86. The molecule has 1 aromatic carbocycles. The smallest absolute Gasteiger partial charge is 0.308 e. The summed E-state index contributed by atoms with van der Waals surface area (Å²) in [6.45, 7) is 2.98. The fourth-order valence-corrected chi connectivity index (χ4v) is 3.79. The van der Waals surface area contributed by atoms with Crippen LogP contribution in [-0.2, 0) is 16.0 Å². The Labute approximate surface area is 188 Å². The number of aliphatic imine (C=N–C) groups is 1. The Balaban J connectivity index is 0.00000300. The van der Waals surface area contributed by atoms with E-state index in [1.54, 1.807) is 19.2 Å². The predicted molar refractivity (Wildman–Crippen MR) is 124 cm³/mol. The molecule has 6 nitrogen and oxygen atoms in total. The maximum absolute atomic E-state index is 13.5. The largest absolute Gasteiger partial charge is 0.466 e. The van der Waals surface area contributed by atoms with Gasteiger partial charge in [-0.2, -0.15) is 0 Å².